The van der Waals surface area contributed by atoms with Crippen molar-refractivity contribution in [3.8, 4) is 5.75 Å². The van der Waals surface area contributed by atoms with Gasteiger partial charge >= 0.3 is 0 Å². The van der Waals surface area contributed by atoms with Gasteiger partial charge in [-0.1, -0.05) is 18.2 Å². The quantitative estimate of drug-likeness (QED) is 0.582. The Balaban J connectivity index is 1.27. The Morgan fingerprint density at radius 2 is 1.94 bits per heavy atom. The number of sulfonamides is 1. The molecule has 7 nitrogen and oxygen atoms in total. The molecule has 2 heterocycles. The number of hydrogen-bond donors (Lipinski definition) is 2. The zero-order chi connectivity index (χ0) is 22.4. The maximum Gasteiger partial charge on any atom is 0.217 e. The van der Waals surface area contributed by atoms with Gasteiger partial charge in [-0.2, -0.15) is 0 Å². The number of piperidine rings is 1. The maximum atomic E-state index is 12.7. The van der Waals surface area contributed by atoms with Gasteiger partial charge in [0.2, 0.25) is 10.0 Å². The van der Waals surface area contributed by atoms with Crippen molar-refractivity contribution in [1.29, 1.82) is 0 Å². The van der Waals surface area contributed by atoms with E-state index in [-0.39, 0.29) is 18.2 Å². The van der Waals surface area contributed by atoms with Crippen LogP contribution in [0.1, 0.15) is 63.4 Å². The topological polar surface area (TPSA) is 85.9 Å². The lowest BCUT2D eigenvalue weighted by Crippen LogP contribution is -2.57. The Kier molecular flexibility index (Phi) is 8.45. The first-order valence-electron chi connectivity index (χ1n) is 12.2. The molecule has 0 amide bonds. The van der Waals surface area contributed by atoms with Gasteiger partial charge in [-0.25, -0.2) is 13.1 Å². The molecule has 3 aliphatic rings. The van der Waals surface area contributed by atoms with Gasteiger partial charge in [-0.3, -0.25) is 0 Å². The summed E-state index contributed by atoms with van der Waals surface area (Å²) in [5.74, 6) is 1.52. The zero-order valence-electron chi connectivity index (χ0n) is 19.1. The van der Waals surface area contributed by atoms with Gasteiger partial charge < -0.3 is 19.5 Å². The van der Waals surface area contributed by atoms with E-state index >= 15 is 0 Å². The van der Waals surface area contributed by atoms with Crippen molar-refractivity contribution in [3.05, 3.63) is 29.8 Å². The standard InChI is InChI=1S/C24H38N2O5S/c1-2-30-24-8-4-3-6-21(24)18-9-11-19(12-10-18)31-17-23-22(7-5-14-25-23)26-32(27,28)20-13-15-29-16-20/h3-4,6,8,18-20,22-23,25-26H,2,5,7,9-17H2,1H3/t18-,19+,20-,22+,23+/m1/s1. The number of nitrogens with one attached hydrogen (secondary N) is 2. The number of hydrogen-bond acceptors (Lipinski definition) is 6. The molecule has 1 saturated carbocycles. The fourth-order valence-electron chi connectivity index (χ4n) is 5.22. The van der Waals surface area contributed by atoms with Crippen molar-refractivity contribution in [3.63, 3.8) is 0 Å². The van der Waals surface area contributed by atoms with E-state index in [0.717, 1.165) is 50.8 Å². The molecular weight excluding hydrogens is 428 g/mol. The highest BCUT2D eigenvalue weighted by atomic mass is 32.2. The van der Waals surface area contributed by atoms with Gasteiger partial charge in [-0.15, -0.1) is 0 Å². The van der Waals surface area contributed by atoms with E-state index in [1.807, 2.05) is 13.0 Å². The summed E-state index contributed by atoms with van der Waals surface area (Å²) < 4.78 is 45.8. The molecule has 32 heavy (non-hydrogen) atoms. The molecular formula is C24H38N2O5S. The number of para-hydroxylation sites is 1. The predicted octanol–water partition coefficient (Wildman–Crippen LogP) is 2.96. The van der Waals surface area contributed by atoms with Crippen molar-refractivity contribution in [2.75, 3.05) is 33.0 Å². The van der Waals surface area contributed by atoms with Gasteiger partial charge in [0.25, 0.3) is 0 Å². The average molecular weight is 467 g/mol. The lowest BCUT2D eigenvalue weighted by Gasteiger charge is -2.35. The van der Waals surface area contributed by atoms with Crippen LogP contribution in [0.25, 0.3) is 0 Å². The summed E-state index contributed by atoms with van der Waals surface area (Å²) in [6, 6.07) is 8.27. The number of rotatable bonds is 9. The summed E-state index contributed by atoms with van der Waals surface area (Å²) in [7, 11) is -3.36. The summed E-state index contributed by atoms with van der Waals surface area (Å²) in [5.41, 5.74) is 1.31. The van der Waals surface area contributed by atoms with Crippen LogP contribution in [0.15, 0.2) is 24.3 Å². The van der Waals surface area contributed by atoms with Gasteiger partial charge in [0.15, 0.2) is 0 Å². The van der Waals surface area contributed by atoms with Gasteiger partial charge in [-0.05, 0) is 76.0 Å². The molecule has 3 fully saturated rings. The highest BCUT2D eigenvalue weighted by Gasteiger charge is 2.35. The largest absolute Gasteiger partial charge is 0.494 e. The summed E-state index contributed by atoms with van der Waals surface area (Å²) >= 11 is 0. The first-order valence-corrected chi connectivity index (χ1v) is 13.8. The van der Waals surface area contributed by atoms with Crippen molar-refractivity contribution >= 4 is 10.0 Å². The van der Waals surface area contributed by atoms with Crippen molar-refractivity contribution < 1.29 is 22.6 Å². The second kappa shape index (κ2) is 11.3. The Hall–Kier alpha value is -1.19. The van der Waals surface area contributed by atoms with Crippen LogP contribution >= 0.6 is 0 Å². The third-order valence-corrected chi connectivity index (χ3v) is 8.95. The smallest absolute Gasteiger partial charge is 0.217 e. The monoisotopic (exact) mass is 466 g/mol. The highest BCUT2D eigenvalue weighted by Crippen LogP contribution is 2.38. The normalized spacial score (nSPS) is 31.5. The summed E-state index contributed by atoms with van der Waals surface area (Å²) in [4.78, 5) is 0. The predicted molar refractivity (Wildman–Crippen MR) is 125 cm³/mol. The van der Waals surface area contributed by atoms with Gasteiger partial charge in [0.05, 0.1) is 25.9 Å². The van der Waals surface area contributed by atoms with Crippen LogP contribution in [0.2, 0.25) is 0 Å². The maximum absolute atomic E-state index is 12.7. The molecule has 180 valence electrons. The average Bonchev–Trinajstić information content (AvgIpc) is 3.36. The van der Waals surface area contributed by atoms with Crippen LogP contribution in [0, 0.1) is 0 Å². The molecule has 1 aliphatic carbocycles. The molecule has 0 unspecified atom stereocenters. The number of benzene rings is 1. The van der Waals surface area contributed by atoms with Crippen LogP contribution in [-0.4, -0.2) is 64.8 Å². The lowest BCUT2D eigenvalue weighted by molar-refractivity contribution is 0.00508. The molecule has 4 rings (SSSR count). The van der Waals surface area contributed by atoms with Crippen LogP contribution in [-0.2, 0) is 19.5 Å². The van der Waals surface area contributed by atoms with E-state index < -0.39 is 15.3 Å². The molecule has 0 spiro atoms. The number of ether oxygens (including phenoxy) is 3. The molecule has 1 aromatic rings. The van der Waals surface area contributed by atoms with Gasteiger partial charge in [0.1, 0.15) is 11.0 Å². The summed E-state index contributed by atoms with van der Waals surface area (Å²) in [6.07, 6.45) is 6.84. The van der Waals surface area contributed by atoms with E-state index in [4.69, 9.17) is 14.2 Å². The second-order valence-electron chi connectivity index (χ2n) is 9.24. The Bertz CT molecular complexity index is 819. The molecule has 1 aromatic carbocycles. The van der Waals surface area contributed by atoms with Crippen LogP contribution in [0.5, 0.6) is 5.75 Å². The van der Waals surface area contributed by atoms with Gasteiger partial charge in [0, 0.05) is 18.7 Å². The molecule has 3 atom stereocenters. The van der Waals surface area contributed by atoms with Crippen molar-refractivity contribution in [2.24, 2.45) is 0 Å². The Morgan fingerprint density at radius 3 is 2.69 bits per heavy atom. The SMILES string of the molecule is CCOc1ccccc1[C@H]1CC[C@@H](OC[C@@H]2NCCC[C@@H]2NS(=O)(=O)[C@@H]2CCOC2)CC1. The van der Waals surface area contributed by atoms with Crippen molar-refractivity contribution in [1.82, 2.24) is 10.0 Å². The minimum atomic E-state index is -3.36. The first-order chi connectivity index (χ1) is 15.6. The molecule has 2 saturated heterocycles. The van der Waals surface area contributed by atoms with E-state index in [2.05, 4.69) is 28.2 Å². The second-order valence-corrected chi connectivity index (χ2v) is 11.2. The fourth-order valence-corrected chi connectivity index (χ4v) is 6.80. The third kappa shape index (κ3) is 6.03. The van der Waals surface area contributed by atoms with E-state index in [1.165, 1.54) is 5.56 Å². The molecule has 0 radical (unpaired) electrons. The van der Waals surface area contributed by atoms with Crippen molar-refractivity contribution in [2.45, 2.75) is 81.2 Å². The fraction of sp³-hybridized carbons (Fsp3) is 0.750. The lowest BCUT2D eigenvalue weighted by atomic mass is 9.82. The van der Waals surface area contributed by atoms with Crippen LogP contribution in [0.4, 0.5) is 0 Å². The molecule has 2 N–H and O–H groups in total. The first kappa shape index (κ1) is 24.0. The minimum absolute atomic E-state index is 0.0113. The van der Waals surface area contributed by atoms with E-state index in [1.54, 1.807) is 0 Å². The summed E-state index contributed by atoms with van der Waals surface area (Å²) in [5, 5.41) is 3.05. The molecule has 8 heteroatoms. The molecule has 2 aliphatic heterocycles. The molecule has 0 aromatic heterocycles. The highest BCUT2D eigenvalue weighted by molar-refractivity contribution is 7.90. The molecule has 0 bridgehead atoms. The Labute approximate surface area is 192 Å². The van der Waals surface area contributed by atoms with E-state index in [9.17, 15) is 8.42 Å². The Morgan fingerprint density at radius 1 is 1.12 bits per heavy atom. The third-order valence-electron chi connectivity index (χ3n) is 7.07. The van der Waals surface area contributed by atoms with Crippen LogP contribution in [0.3, 0.4) is 0 Å². The van der Waals surface area contributed by atoms with E-state index in [0.29, 0.717) is 38.8 Å². The zero-order valence-corrected chi connectivity index (χ0v) is 19.9. The summed E-state index contributed by atoms with van der Waals surface area (Å²) in [6.45, 7) is 4.97. The minimum Gasteiger partial charge on any atom is -0.494 e. The van der Waals surface area contributed by atoms with Crippen LogP contribution < -0.4 is 14.8 Å².